The molecule has 28 heavy (non-hydrogen) atoms. The van der Waals surface area contributed by atoms with Crippen molar-refractivity contribution in [2.24, 2.45) is 0 Å². The monoisotopic (exact) mass is 391 g/mol. The summed E-state index contributed by atoms with van der Waals surface area (Å²) < 4.78 is 23.3. The molecule has 0 saturated carbocycles. The van der Waals surface area contributed by atoms with Crippen molar-refractivity contribution in [2.45, 2.75) is 31.4 Å². The van der Waals surface area contributed by atoms with Gasteiger partial charge in [0.1, 0.15) is 18.7 Å². The largest absolute Gasteiger partial charge is 0.493 e. The Labute approximate surface area is 159 Å². The van der Waals surface area contributed by atoms with Crippen LogP contribution in [0.4, 0.5) is 5.82 Å². The number of nitrogens with one attached hydrogen (secondary N) is 1. The maximum absolute atomic E-state index is 9.97. The van der Waals surface area contributed by atoms with E-state index in [4.69, 9.17) is 18.6 Å². The van der Waals surface area contributed by atoms with E-state index in [0.29, 0.717) is 47.4 Å². The first-order valence-electron chi connectivity index (χ1n) is 8.71. The van der Waals surface area contributed by atoms with Crippen LogP contribution in [0.2, 0.25) is 0 Å². The van der Waals surface area contributed by atoms with Gasteiger partial charge in [-0.3, -0.25) is 4.57 Å². The summed E-state index contributed by atoms with van der Waals surface area (Å²) in [5.74, 6) is 1.97. The molecule has 11 heteroatoms. The number of ether oxygens (including phenoxy) is 3. The van der Waals surface area contributed by atoms with Gasteiger partial charge in [-0.15, -0.1) is 0 Å². The Balaban J connectivity index is 1.56. The van der Waals surface area contributed by atoms with Gasteiger partial charge in [-0.05, 0) is 0 Å². The van der Waals surface area contributed by atoms with Crippen LogP contribution in [0, 0.1) is 0 Å². The van der Waals surface area contributed by atoms with Crippen LogP contribution in [0.3, 0.4) is 0 Å². The number of furan rings is 1. The number of fused-ring (bicyclic) bond motifs is 1. The van der Waals surface area contributed by atoms with Crippen molar-refractivity contribution in [3.8, 4) is 11.7 Å². The van der Waals surface area contributed by atoms with E-state index in [1.807, 2.05) is 0 Å². The summed E-state index contributed by atoms with van der Waals surface area (Å²) in [5.41, 5.74) is 1.10. The maximum Gasteiger partial charge on any atom is 0.288 e. The maximum atomic E-state index is 9.97. The highest BCUT2D eigenvalue weighted by Gasteiger charge is 2.35. The predicted octanol–water partition coefficient (Wildman–Crippen LogP) is 0.689. The summed E-state index contributed by atoms with van der Waals surface area (Å²) in [6, 6.07) is 1.65. The zero-order chi connectivity index (χ0) is 19.7. The molecule has 3 atom stereocenters. The Morgan fingerprint density at radius 2 is 2.14 bits per heavy atom. The summed E-state index contributed by atoms with van der Waals surface area (Å²) in [6.45, 7) is 0.0528. The number of rotatable bonds is 7. The normalized spacial score (nSPS) is 21.9. The molecule has 0 aromatic carbocycles. The lowest BCUT2D eigenvalue weighted by Gasteiger charge is -2.13. The van der Waals surface area contributed by atoms with Gasteiger partial charge in [0.05, 0.1) is 45.9 Å². The Hall–Kier alpha value is -2.89. The molecule has 1 saturated heterocycles. The molecule has 4 heterocycles. The van der Waals surface area contributed by atoms with Crippen LogP contribution < -0.4 is 14.8 Å². The number of methoxy groups -OCH3 is 2. The molecule has 1 unspecified atom stereocenters. The number of aliphatic hydroxyl groups excluding tert-OH is 2. The molecule has 0 spiro atoms. The Morgan fingerprint density at radius 3 is 2.86 bits per heavy atom. The van der Waals surface area contributed by atoms with Crippen LogP contribution in [0.1, 0.15) is 18.4 Å². The predicted molar refractivity (Wildman–Crippen MR) is 96.1 cm³/mol. The molecule has 0 radical (unpaired) electrons. The van der Waals surface area contributed by atoms with Crippen LogP contribution in [-0.2, 0) is 11.3 Å². The quantitative estimate of drug-likeness (QED) is 0.527. The number of aliphatic hydroxyl groups is 2. The molecule has 4 rings (SSSR count). The molecule has 1 fully saturated rings. The summed E-state index contributed by atoms with van der Waals surface area (Å²) in [6.07, 6.45) is 1.51. The minimum atomic E-state index is -0.742. The van der Waals surface area contributed by atoms with Gasteiger partial charge in [-0.2, -0.15) is 0 Å². The van der Waals surface area contributed by atoms with Crippen molar-refractivity contribution < 1.29 is 28.8 Å². The van der Waals surface area contributed by atoms with Gasteiger partial charge in [-0.1, -0.05) is 0 Å². The summed E-state index contributed by atoms with van der Waals surface area (Å²) in [5, 5.41) is 22.4. The van der Waals surface area contributed by atoms with E-state index in [2.05, 4.69) is 20.3 Å². The van der Waals surface area contributed by atoms with Gasteiger partial charge >= 0.3 is 0 Å². The zero-order valence-electron chi connectivity index (χ0n) is 15.4. The molecule has 0 amide bonds. The van der Waals surface area contributed by atoms with Crippen LogP contribution >= 0.6 is 0 Å². The molecule has 3 aromatic rings. The van der Waals surface area contributed by atoms with Crippen LogP contribution in [0.5, 0.6) is 11.7 Å². The first-order chi connectivity index (χ1) is 13.6. The topological polar surface area (TPSA) is 137 Å². The first kappa shape index (κ1) is 18.5. The fourth-order valence-corrected chi connectivity index (χ4v) is 3.19. The molecular formula is C17H21N5O6. The highest BCUT2D eigenvalue weighted by atomic mass is 16.6. The van der Waals surface area contributed by atoms with E-state index in [1.165, 1.54) is 13.4 Å². The van der Waals surface area contributed by atoms with E-state index in [0.717, 1.165) is 0 Å². The van der Waals surface area contributed by atoms with E-state index < -0.39 is 18.4 Å². The highest BCUT2D eigenvalue weighted by Crippen LogP contribution is 2.32. The minimum absolute atomic E-state index is 0.249. The van der Waals surface area contributed by atoms with Crippen LogP contribution in [0.15, 0.2) is 23.1 Å². The highest BCUT2D eigenvalue weighted by molar-refractivity contribution is 5.82. The number of hydrogen-bond donors (Lipinski definition) is 3. The van der Waals surface area contributed by atoms with E-state index >= 15 is 0 Å². The number of aromatic nitrogens is 4. The Bertz CT molecular complexity index is 957. The lowest BCUT2D eigenvalue weighted by molar-refractivity contribution is -0.0432. The molecule has 150 valence electrons. The molecule has 3 N–H and O–H groups in total. The Kier molecular flexibility index (Phi) is 5.03. The minimum Gasteiger partial charge on any atom is -0.493 e. The van der Waals surface area contributed by atoms with Crippen molar-refractivity contribution in [3.05, 3.63) is 24.5 Å². The van der Waals surface area contributed by atoms with E-state index in [-0.39, 0.29) is 6.61 Å². The first-order valence-corrected chi connectivity index (χ1v) is 8.71. The van der Waals surface area contributed by atoms with Crippen molar-refractivity contribution in [1.29, 1.82) is 0 Å². The third kappa shape index (κ3) is 3.23. The van der Waals surface area contributed by atoms with Gasteiger partial charge in [0.25, 0.3) is 5.95 Å². The second-order valence-electron chi connectivity index (χ2n) is 6.28. The smallest absolute Gasteiger partial charge is 0.288 e. The van der Waals surface area contributed by atoms with E-state index in [9.17, 15) is 10.2 Å². The molecular weight excluding hydrogens is 370 g/mol. The number of nitrogens with zero attached hydrogens (tertiary/aromatic N) is 4. The van der Waals surface area contributed by atoms with E-state index in [1.54, 1.807) is 24.1 Å². The van der Waals surface area contributed by atoms with Crippen molar-refractivity contribution >= 4 is 17.0 Å². The molecule has 0 aliphatic carbocycles. The van der Waals surface area contributed by atoms with Gasteiger partial charge in [-0.25, -0.2) is 15.0 Å². The van der Waals surface area contributed by atoms with Gasteiger partial charge < -0.3 is 34.2 Å². The van der Waals surface area contributed by atoms with Gasteiger partial charge in [0.15, 0.2) is 28.5 Å². The third-order valence-corrected chi connectivity index (χ3v) is 4.64. The van der Waals surface area contributed by atoms with Gasteiger partial charge in [0.2, 0.25) is 0 Å². The average Bonchev–Trinajstić information content (AvgIpc) is 3.41. The van der Waals surface area contributed by atoms with Crippen LogP contribution in [0.25, 0.3) is 11.2 Å². The fraction of sp³-hybridized carbons (Fsp3) is 0.471. The van der Waals surface area contributed by atoms with Gasteiger partial charge in [0, 0.05) is 6.42 Å². The second-order valence-corrected chi connectivity index (χ2v) is 6.28. The molecule has 1 aliphatic rings. The molecule has 0 bridgehead atoms. The van der Waals surface area contributed by atoms with Crippen molar-refractivity contribution in [3.63, 3.8) is 0 Å². The lowest BCUT2D eigenvalue weighted by Crippen LogP contribution is -2.24. The van der Waals surface area contributed by atoms with Crippen LogP contribution in [-0.4, -0.2) is 62.8 Å². The fourth-order valence-electron chi connectivity index (χ4n) is 3.19. The van der Waals surface area contributed by atoms with Crippen molar-refractivity contribution in [1.82, 2.24) is 19.5 Å². The Morgan fingerprint density at radius 1 is 1.29 bits per heavy atom. The average molecular weight is 391 g/mol. The summed E-state index contributed by atoms with van der Waals surface area (Å²) >= 11 is 0. The van der Waals surface area contributed by atoms with Crippen molar-refractivity contribution in [2.75, 3.05) is 26.1 Å². The number of imidazole rings is 1. The SMILES string of the molecule is COc1cc(OC)c(CNc2ncnc3c2ncn3C2C[C@H](O)[C@@H](CO)O2)o1. The molecule has 3 aromatic heterocycles. The lowest BCUT2D eigenvalue weighted by atomic mass is 10.2. The third-order valence-electron chi connectivity index (χ3n) is 4.64. The molecule has 1 aliphatic heterocycles. The standard InChI is InChI=1S/C17H21N5O6/c1-25-10-4-14(26-2)28-11(10)5-18-16-15-17(20-7-19-16)22(8-21-15)13-3-9(24)12(6-23)27-13/h4,7-9,12-13,23-24H,3,5-6H2,1-2H3,(H,18,19,20)/t9-,12+,13?/m0/s1. The zero-order valence-corrected chi connectivity index (χ0v) is 15.4. The number of hydrogen-bond acceptors (Lipinski definition) is 10. The second kappa shape index (κ2) is 7.62. The summed E-state index contributed by atoms with van der Waals surface area (Å²) in [4.78, 5) is 12.9. The number of anilines is 1. The summed E-state index contributed by atoms with van der Waals surface area (Å²) in [7, 11) is 3.06. The molecule has 11 nitrogen and oxygen atoms in total.